The molecule has 0 aliphatic heterocycles. The van der Waals surface area contributed by atoms with Crippen molar-refractivity contribution in [1.29, 1.82) is 0 Å². The van der Waals surface area contributed by atoms with Crippen LogP contribution in [0.2, 0.25) is 0 Å². The molecule has 180 valence electrons. The Hall–Kier alpha value is -3.31. The zero-order valence-electron chi connectivity index (χ0n) is 19.5. The molecule has 3 aromatic rings. The molecule has 5 heteroatoms. The van der Waals surface area contributed by atoms with E-state index in [2.05, 4.69) is 0 Å². The van der Waals surface area contributed by atoms with Crippen LogP contribution >= 0.6 is 0 Å². The van der Waals surface area contributed by atoms with E-state index in [1.807, 2.05) is 47.6 Å². The molecule has 0 unspecified atom stereocenters. The predicted octanol–water partition coefficient (Wildman–Crippen LogP) is 7.20. The number of hydrogen-bond donors (Lipinski definition) is 4. The van der Waals surface area contributed by atoms with E-state index >= 15 is 0 Å². The van der Waals surface area contributed by atoms with Crippen LogP contribution < -0.4 is 0 Å². The second-order valence-corrected chi connectivity index (χ2v) is 4.80. The summed E-state index contributed by atoms with van der Waals surface area (Å²) in [6.45, 7) is 11.9. The predicted molar refractivity (Wildman–Crippen MR) is 136 cm³/mol. The first kappa shape index (κ1) is 36.1. The van der Waals surface area contributed by atoms with Crippen molar-refractivity contribution in [2.75, 3.05) is 0 Å². The van der Waals surface area contributed by atoms with E-state index in [1.165, 1.54) is 6.07 Å². The first-order chi connectivity index (χ1) is 15.1. The molecule has 0 saturated heterocycles. The molecule has 4 N–H and O–H groups in total. The van der Waals surface area contributed by atoms with Gasteiger partial charge in [0.1, 0.15) is 17.2 Å². The fourth-order valence-electron chi connectivity index (χ4n) is 1.66. The number of para-hydroxylation sites is 3. The fraction of sp³-hybridized carbons (Fsp3) is 0.296. The number of carbonyl (C=O) groups is 1. The van der Waals surface area contributed by atoms with Gasteiger partial charge in [0, 0.05) is 5.56 Å². The zero-order chi connectivity index (χ0) is 24.5. The minimum Gasteiger partial charge on any atom is -0.508 e. The summed E-state index contributed by atoms with van der Waals surface area (Å²) in [6, 6.07) is 21.8. The number of carbonyl (C=O) groups excluding carboxylic acids is 1. The van der Waals surface area contributed by atoms with Gasteiger partial charge in [-0.1, -0.05) is 97.5 Å². The first-order valence-electron chi connectivity index (χ1n) is 10.4. The number of benzene rings is 3. The molecular formula is C27H42O5. The Labute approximate surface area is 194 Å². The van der Waals surface area contributed by atoms with Crippen LogP contribution in [0.25, 0.3) is 0 Å². The number of aromatic hydroxyl groups is 3. The Bertz CT molecular complexity index is 759. The van der Waals surface area contributed by atoms with Crippen LogP contribution in [-0.2, 0) is 6.61 Å². The number of rotatable bonds is 2. The molecule has 0 fully saturated rings. The summed E-state index contributed by atoms with van der Waals surface area (Å²) < 4.78 is 0. The summed E-state index contributed by atoms with van der Waals surface area (Å²) >= 11 is 0. The molecule has 0 amide bonds. The average Bonchev–Trinajstić information content (AvgIpc) is 2.85. The van der Waals surface area contributed by atoms with Crippen molar-refractivity contribution < 1.29 is 25.2 Å². The number of aliphatic hydroxyl groups is 1. The van der Waals surface area contributed by atoms with Crippen LogP contribution in [-0.4, -0.2) is 26.7 Å². The summed E-state index contributed by atoms with van der Waals surface area (Å²) in [7, 11) is 0. The lowest BCUT2D eigenvalue weighted by Crippen LogP contribution is -1.80. The monoisotopic (exact) mass is 446 g/mol. The van der Waals surface area contributed by atoms with E-state index in [0.29, 0.717) is 23.2 Å². The third-order valence-corrected chi connectivity index (χ3v) is 2.98. The van der Waals surface area contributed by atoms with Gasteiger partial charge in [0.15, 0.2) is 6.29 Å². The maximum absolute atomic E-state index is 10.1. The summed E-state index contributed by atoms with van der Waals surface area (Å²) in [6.07, 6.45) is 0.620. The van der Waals surface area contributed by atoms with Gasteiger partial charge in [-0.25, -0.2) is 0 Å². The molecule has 3 rings (SSSR count). The molecule has 0 bridgehead atoms. The second-order valence-electron chi connectivity index (χ2n) is 4.80. The van der Waals surface area contributed by atoms with Crippen molar-refractivity contribution in [2.24, 2.45) is 0 Å². The Morgan fingerprint density at radius 2 is 1.03 bits per heavy atom. The lowest BCUT2D eigenvalue weighted by atomic mass is 10.2. The van der Waals surface area contributed by atoms with Crippen LogP contribution in [0.15, 0.2) is 78.9 Å². The molecule has 0 atom stereocenters. The highest BCUT2D eigenvalue weighted by molar-refractivity contribution is 5.78. The largest absolute Gasteiger partial charge is 0.508 e. The van der Waals surface area contributed by atoms with Gasteiger partial charge in [0.2, 0.25) is 0 Å². The van der Waals surface area contributed by atoms with Crippen LogP contribution in [0.3, 0.4) is 0 Å². The van der Waals surface area contributed by atoms with Gasteiger partial charge in [-0.05, 0) is 30.3 Å². The van der Waals surface area contributed by atoms with E-state index in [1.54, 1.807) is 66.7 Å². The molecule has 3 aromatic carbocycles. The molecule has 0 aliphatic carbocycles. The molecule has 0 heterocycles. The molecular weight excluding hydrogens is 404 g/mol. The number of aldehydes is 1. The van der Waals surface area contributed by atoms with E-state index in [9.17, 15) is 4.79 Å². The van der Waals surface area contributed by atoms with Gasteiger partial charge in [0.05, 0.1) is 12.2 Å². The highest BCUT2D eigenvalue weighted by atomic mass is 16.3. The average molecular weight is 447 g/mol. The summed E-state index contributed by atoms with van der Waals surface area (Å²) in [5, 5.41) is 35.0. The number of hydrogen-bond acceptors (Lipinski definition) is 5. The third-order valence-electron chi connectivity index (χ3n) is 2.98. The van der Waals surface area contributed by atoms with Crippen LogP contribution in [0, 0.1) is 0 Å². The van der Waals surface area contributed by atoms with E-state index in [4.69, 9.17) is 20.4 Å². The van der Waals surface area contributed by atoms with Crippen molar-refractivity contribution in [1.82, 2.24) is 0 Å². The Balaban J connectivity index is -0.000000163. The van der Waals surface area contributed by atoms with E-state index < -0.39 is 0 Å². The van der Waals surface area contributed by atoms with Gasteiger partial charge < -0.3 is 20.4 Å². The van der Waals surface area contributed by atoms with Gasteiger partial charge in [-0.3, -0.25) is 4.79 Å². The quantitative estimate of drug-likeness (QED) is 0.312. The van der Waals surface area contributed by atoms with Crippen molar-refractivity contribution in [2.45, 2.75) is 55.6 Å². The maximum atomic E-state index is 10.1. The molecule has 0 aliphatic rings. The lowest BCUT2D eigenvalue weighted by Gasteiger charge is -1.96. The molecule has 0 radical (unpaired) electrons. The SMILES string of the molecule is C.CC.CC.CC.O=Cc1ccccc1O.OCc1ccccc1O.Oc1ccccc1. The minimum atomic E-state index is -0.104. The lowest BCUT2D eigenvalue weighted by molar-refractivity contribution is 0.112. The Kier molecular flexibility index (Phi) is 31.2. The normalized spacial score (nSPS) is 7.59. The molecule has 5 nitrogen and oxygen atoms in total. The molecule has 32 heavy (non-hydrogen) atoms. The summed E-state index contributed by atoms with van der Waals surface area (Å²) in [5.74, 6) is 0.509. The summed E-state index contributed by atoms with van der Waals surface area (Å²) in [5.41, 5.74) is 0.898. The highest BCUT2D eigenvalue weighted by Gasteiger charge is 1.94. The van der Waals surface area contributed by atoms with E-state index in [-0.39, 0.29) is 25.5 Å². The zero-order valence-corrected chi connectivity index (χ0v) is 19.5. The number of phenols is 3. The van der Waals surface area contributed by atoms with Crippen molar-refractivity contribution >= 4 is 6.29 Å². The number of phenolic OH excluding ortho intramolecular Hbond substituents is 2. The Morgan fingerprint density at radius 1 is 0.625 bits per heavy atom. The second kappa shape index (κ2) is 27.7. The van der Waals surface area contributed by atoms with Crippen molar-refractivity contribution in [3.8, 4) is 17.2 Å². The minimum absolute atomic E-state index is 0. The topological polar surface area (TPSA) is 98.0 Å². The van der Waals surface area contributed by atoms with Crippen LogP contribution in [0.5, 0.6) is 17.2 Å². The maximum Gasteiger partial charge on any atom is 0.153 e. The molecule has 0 aromatic heterocycles. The van der Waals surface area contributed by atoms with Gasteiger partial charge in [0.25, 0.3) is 0 Å². The third kappa shape index (κ3) is 18.7. The first-order valence-corrected chi connectivity index (χ1v) is 10.4. The van der Waals surface area contributed by atoms with E-state index in [0.717, 1.165) is 0 Å². The highest BCUT2D eigenvalue weighted by Crippen LogP contribution is 2.14. The molecule has 0 spiro atoms. The standard InChI is InChI=1S/C7H8O2.C7H6O2.C6H6O.3C2H6.CH4/c2*8-5-6-3-1-2-4-7(6)9;7-6-4-2-1-3-5-6;3*1-2;/h1-4,8-9H,5H2;1-5,9H;1-5,7H;3*1-2H3;1H4. The smallest absolute Gasteiger partial charge is 0.153 e. The Morgan fingerprint density at radius 3 is 1.31 bits per heavy atom. The fourth-order valence-corrected chi connectivity index (χ4v) is 1.66. The van der Waals surface area contributed by atoms with Crippen LogP contribution in [0.1, 0.15) is 64.9 Å². The van der Waals surface area contributed by atoms with Gasteiger partial charge in [-0.15, -0.1) is 0 Å². The van der Waals surface area contributed by atoms with Crippen LogP contribution in [0.4, 0.5) is 0 Å². The van der Waals surface area contributed by atoms with Gasteiger partial charge in [-0.2, -0.15) is 0 Å². The number of aliphatic hydroxyl groups excluding tert-OH is 1. The van der Waals surface area contributed by atoms with Gasteiger partial charge >= 0.3 is 0 Å². The molecule has 0 saturated carbocycles. The van der Waals surface area contributed by atoms with Crippen molar-refractivity contribution in [3.05, 3.63) is 90.0 Å². The van der Waals surface area contributed by atoms with Crippen molar-refractivity contribution in [3.63, 3.8) is 0 Å². The summed E-state index contributed by atoms with van der Waals surface area (Å²) in [4.78, 5) is 10.1.